The Kier molecular flexibility index (Phi) is 6.43. The number of hydrogen-bond acceptors (Lipinski definition) is 2. The van der Waals surface area contributed by atoms with Gasteiger partial charge in [0.05, 0.1) is 0 Å². The van der Waals surface area contributed by atoms with Gasteiger partial charge < -0.3 is 5.73 Å². The third kappa shape index (κ3) is 4.48. The predicted octanol–water partition coefficient (Wildman–Crippen LogP) is 3.94. The van der Waals surface area contributed by atoms with Gasteiger partial charge >= 0.3 is 0 Å². The van der Waals surface area contributed by atoms with E-state index in [9.17, 15) is 4.79 Å². The number of nitrogens with two attached hydrogens (primary N) is 1. The Balaban J connectivity index is 0.00000200. The lowest BCUT2D eigenvalue weighted by Gasteiger charge is -2.12. The number of carbonyl (C=O) groups is 1. The first-order chi connectivity index (χ1) is 9.16. The summed E-state index contributed by atoms with van der Waals surface area (Å²) in [5, 5.41) is 0. The van der Waals surface area contributed by atoms with Gasteiger partial charge in [-0.05, 0) is 37.0 Å². The Morgan fingerprint density at radius 1 is 1.10 bits per heavy atom. The minimum absolute atomic E-state index is 0. The number of hydrogen-bond donors (Lipinski definition) is 1. The molecule has 1 atom stereocenters. The number of rotatable bonds is 5. The van der Waals surface area contributed by atoms with E-state index >= 15 is 0 Å². The molecule has 0 aliphatic heterocycles. The molecule has 0 spiro atoms. The van der Waals surface area contributed by atoms with Crippen LogP contribution in [0.25, 0.3) is 0 Å². The second-order valence-corrected chi connectivity index (χ2v) is 4.81. The topological polar surface area (TPSA) is 43.1 Å². The first-order valence-corrected chi connectivity index (χ1v) is 6.57. The highest BCUT2D eigenvalue weighted by Gasteiger charge is 2.08. The monoisotopic (exact) mass is 289 g/mol. The lowest BCUT2D eigenvalue weighted by atomic mass is 9.97. The molecule has 0 bridgehead atoms. The van der Waals surface area contributed by atoms with Crippen molar-refractivity contribution in [1.82, 2.24) is 0 Å². The van der Waals surface area contributed by atoms with Crippen molar-refractivity contribution >= 4 is 18.2 Å². The molecule has 2 rings (SSSR count). The van der Waals surface area contributed by atoms with Crippen molar-refractivity contribution in [3.8, 4) is 0 Å². The highest BCUT2D eigenvalue weighted by atomic mass is 35.5. The van der Waals surface area contributed by atoms with Crippen LogP contribution in [0.2, 0.25) is 0 Å². The van der Waals surface area contributed by atoms with Gasteiger partial charge in [-0.2, -0.15) is 0 Å². The van der Waals surface area contributed by atoms with Gasteiger partial charge in [-0.3, -0.25) is 4.79 Å². The van der Waals surface area contributed by atoms with Crippen LogP contribution in [-0.4, -0.2) is 5.78 Å². The zero-order chi connectivity index (χ0) is 13.7. The zero-order valence-corrected chi connectivity index (χ0v) is 12.4. The van der Waals surface area contributed by atoms with Crippen LogP contribution < -0.4 is 5.73 Å². The molecule has 0 saturated heterocycles. The quantitative estimate of drug-likeness (QED) is 0.847. The van der Waals surface area contributed by atoms with Gasteiger partial charge in [-0.15, -0.1) is 12.4 Å². The SMILES string of the molecule is CC(=O)c1cccc(C(N)CCc2ccccc2)c1.Cl. The van der Waals surface area contributed by atoms with E-state index in [1.807, 2.05) is 42.5 Å². The van der Waals surface area contributed by atoms with Gasteiger partial charge in [0.15, 0.2) is 5.78 Å². The number of halogens is 1. The fraction of sp³-hybridized carbons (Fsp3) is 0.235. The normalized spacial score (nSPS) is 11.5. The van der Waals surface area contributed by atoms with E-state index < -0.39 is 0 Å². The fourth-order valence-electron chi connectivity index (χ4n) is 2.12. The Hall–Kier alpha value is -1.64. The minimum atomic E-state index is -0.0282. The summed E-state index contributed by atoms with van der Waals surface area (Å²) in [5.74, 6) is 0.0807. The highest BCUT2D eigenvalue weighted by molar-refractivity contribution is 5.94. The van der Waals surface area contributed by atoms with E-state index in [2.05, 4.69) is 12.1 Å². The third-order valence-electron chi connectivity index (χ3n) is 3.31. The molecule has 106 valence electrons. The van der Waals surface area contributed by atoms with Gasteiger partial charge in [-0.25, -0.2) is 0 Å². The van der Waals surface area contributed by atoms with Gasteiger partial charge in [0.2, 0.25) is 0 Å². The molecule has 0 fully saturated rings. The Morgan fingerprint density at radius 3 is 2.45 bits per heavy atom. The summed E-state index contributed by atoms with van der Waals surface area (Å²) >= 11 is 0. The molecule has 0 amide bonds. The van der Waals surface area contributed by atoms with E-state index in [0.717, 1.165) is 24.0 Å². The molecule has 2 aromatic rings. The van der Waals surface area contributed by atoms with Crippen LogP contribution in [0.1, 0.15) is 40.9 Å². The minimum Gasteiger partial charge on any atom is -0.324 e. The molecule has 3 heteroatoms. The van der Waals surface area contributed by atoms with E-state index in [-0.39, 0.29) is 24.2 Å². The van der Waals surface area contributed by atoms with Crippen molar-refractivity contribution in [2.45, 2.75) is 25.8 Å². The summed E-state index contributed by atoms with van der Waals surface area (Å²) in [5.41, 5.74) is 9.25. The van der Waals surface area contributed by atoms with Crippen LogP contribution in [0.3, 0.4) is 0 Å². The molecule has 0 aliphatic carbocycles. The van der Waals surface area contributed by atoms with Gasteiger partial charge in [0.25, 0.3) is 0 Å². The summed E-state index contributed by atoms with van der Waals surface area (Å²) in [6.45, 7) is 1.58. The molecule has 0 saturated carbocycles. The first-order valence-electron chi connectivity index (χ1n) is 6.57. The van der Waals surface area contributed by atoms with Crippen molar-refractivity contribution in [2.75, 3.05) is 0 Å². The molecule has 0 aromatic heterocycles. The molecular weight excluding hydrogens is 270 g/mol. The summed E-state index contributed by atoms with van der Waals surface area (Å²) in [4.78, 5) is 11.4. The average Bonchev–Trinajstić information content (AvgIpc) is 2.46. The van der Waals surface area contributed by atoms with Crippen LogP contribution in [0, 0.1) is 0 Å². The fourth-order valence-corrected chi connectivity index (χ4v) is 2.12. The molecule has 2 N–H and O–H groups in total. The van der Waals surface area contributed by atoms with Crippen molar-refractivity contribution < 1.29 is 4.79 Å². The van der Waals surface area contributed by atoms with Crippen LogP contribution >= 0.6 is 12.4 Å². The van der Waals surface area contributed by atoms with Gasteiger partial charge in [0.1, 0.15) is 0 Å². The first kappa shape index (κ1) is 16.4. The van der Waals surface area contributed by atoms with E-state index in [1.165, 1.54) is 5.56 Å². The molecule has 2 nitrogen and oxygen atoms in total. The maximum absolute atomic E-state index is 11.4. The van der Waals surface area contributed by atoms with Crippen molar-refractivity contribution in [3.63, 3.8) is 0 Å². The molecule has 0 radical (unpaired) electrons. The number of carbonyl (C=O) groups excluding carboxylic acids is 1. The summed E-state index contributed by atoms with van der Waals surface area (Å²) in [6, 6.07) is 17.9. The molecule has 1 unspecified atom stereocenters. The lowest BCUT2D eigenvalue weighted by Crippen LogP contribution is -2.12. The Labute approximate surface area is 126 Å². The maximum Gasteiger partial charge on any atom is 0.159 e. The van der Waals surface area contributed by atoms with Crippen molar-refractivity contribution in [3.05, 3.63) is 71.3 Å². The van der Waals surface area contributed by atoms with E-state index in [1.54, 1.807) is 6.92 Å². The smallest absolute Gasteiger partial charge is 0.159 e. The molecule has 20 heavy (non-hydrogen) atoms. The van der Waals surface area contributed by atoms with Crippen LogP contribution in [0.5, 0.6) is 0 Å². The van der Waals surface area contributed by atoms with E-state index in [0.29, 0.717) is 0 Å². The number of benzene rings is 2. The number of Topliss-reactive ketones (excluding diaryl/α,β-unsaturated/α-hetero) is 1. The molecule has 0 aliphatic rings. The molecule has 2 aromatic carbocycles. The van der Waals surface area contributed by atoms with Gasteiger partial charge in [0, 0.05) is 11.6 Å². The molecular formula is C17H20ClNO. The average molecular weight is 290 g/mol. The summed E-state index contributed by atoms with van der Waals surface area (Å²) in [7, 11) is 0. The summed E-state index contributed by atoms with van der Waals surface area (Å²) < 4.78 is 0. The Bertz CT molecular complexity index is 554. The highest BCUT2D eigenvalue weighted by Crippen LogP contribution is 2.18. The van der Waals surface area contributed by atoms with Gasteiger partial charge in [-0.1, -0.05) is 48.5 Å². The lowest BCUT2D eigenvalue weighted by molar-refractivity contribution is 0.101. The van der Waals surface area contributed by atoms with Crippen LogP contribution in [-0.2, 0) is 6.42 Å². The summed E-state index contributed by atoms with van der Waals surface area (Å²) in [6.07, 6.45) is 1.83. The molecule has 0 heterocycles. The standard InChI is InChI=1S/C17H19NO.ClH/c1-13(19)15-8-5-9-16(12-15)17(18)11-10-14-6-3-2-4-7-14;/h2-9,12,17H,10-11,18H2,1H3;1H. The van der Waals surface area contributed by atoms with Crippen molar-refractivity contribution in [1.29, 1.82) is 0 Å². The maximum atomic E-state index is 11.4. The zero-order valence-electron chi connectivity index (χ0n) is 11.6. The number of aryl methyl sites for hydroxylation is 1. The predicted molar refractivity (Wildman–Crippen MR) is 85.4 cm³/mol. The Morgan fingerprint density at radius 2 is 1.80 bits per heavy atom. The second kappa shape index (κ2) is 7.83. The van der Waals surface area contributed by atoms with E-state index in [4.69, 9.17) is 5.73 Å². The van der Waals surface area contributed by atoms with Crippen LogP contribution in [0.4, 0.5) is 0 Å². The third-order valence-corrected chi connectivity index (χ3v) is 3.31. The largest absolute Gasteiger partial charge is 0.324 e. The second-order valence-electron chi connectivity index (χ2n) is 4.81. The number of ketones is 1. The van der Waals surface area contributed by atoms with Crippen molar-refractivity contribution in [2.24, 2.45) is 5.73 Å². The van der Waals surface area contributed by atoms with Crippen LogP contribution in [0.15, 0.2) is 54.6 Å².